The normalized spacial score (nSPS) is 15.8. The van der Waals surface area contributed by atoms with Crippen LogP contribution in [0, 0.1) is 13.8 Å². The molecule has 13 heteroatoms. The quantitative estimate of drug-likeness (QED) is 0.0752. The second-order valence-corrected chi connectivity index (χ2v) is 22.9. The zero-order valence-electron chi connectivity index (χ0n) is 43.8. The molecule has 1 aliphatic heterocycles. The van der Waals surface area contributed by atoms with Crippen molar-refractivity contribution in [3.8, 4) is 65.6 Å². The minimum absolute atomic E-state index is 0.141. The average Bonchev–Trinajstić information content (AvgIpc) is 4.20. The molecule has 3 heterocycles. The van der Waals surface area contributed by atoms with E-state index >= 15 is 26.3 Å². The number of benzene rings is 6. The van der Waals surface area contributed by atoms with Gasteiger partial charge < -0.3 is 14.4 Å². The van der Waals surface area contributed by atoms with Crippen molar-refractivity contribution in [3.05, 3.63) is 176 Å². The Kier molecular flexibility index (Phi) is 12.6. The van der Waals surface area contributed by atoms with E-state index in [9.17, 15) is 9.90 Å². The van der Waals surface area contributed by atoms with Crippen molar-refractivity contribution in [1.82, 2.24) is 4.58 Å². The second-order valence-electron chi connectivity index (χ2n) is 20.4. The van der Waals surface area contributed by atoms with Crippen LogP contribution in [0.25, 0.3) is 87.7 Å². The van der Waals surface area contributed by atoms with Gasteiger partial charge in [-0.2, -0.15) is 26.3 Å². The lowest BCUT2D eigenvalue weighted by molar-refractivity contribution is -0.254. The van der Waals surface area contributed by atoms with Gasteiger partial charge in [0.15, 0.2) is 0 Å². The summed E-state index contributed by atoms with van der Waals surface area (Å²) in [5.41, 5.74) is 6.65. The van der Waals surface area contributed by atoms with Gasteiger partial charge in [-0.1, -0.05) is 74.5 Å². The molecule has 5 aromatic carbocycles. The van der Waals surface area contributed by atoms with Crippen LogP contribution in [0.15, 0.2) is 138 Å². The van der Waals surface area contributed by atoms with Gasteiger partial charge in [0, 0.05) is 83.5 Å². The van der Waals surface area contributed by atoms with Crippen LogP contribution in [0.4, 0.5) is 32.0 Å². The Morgan fingerprint density at radius 1 is 0.584 bits per heavy atom. The van der Waals surface area contributed by atoms with Crippen molar-refractivity contribution in [3.63, 3.8) is 0 Å². The molecule has 5 nitrogen and oxygen atoms in total. The van der Waals surface area contributed by atoms with Gasteiger partial charge >= 0.3 is 23.7 Å². The third-order valence-corrected chi connectivity index (χ3v) is 18.1. The number of halogens is 6. The molecule has 0 saturated heterocycles. The lowest BCUT2D eigenvalue weighted by atomic mass is 9.81. The number of carbonyl (C=O) groups is 1. The summed E-state index contributed by atoms with van der Waals surface area (Å²) in [6.45, 7) is 18.8. The van der Waals surface area contributed by atoms with Crippen LogP contribution in [0.1, 0.15) is 83.9 Å². The van der Waals surface area contributed by atoms with Crippen LogP contribution in [0.5, 0.6) is 0 Å². The summed E-state index contributed by atoms with van der Waals surface area (Å²) in [6, 6.07) is 41.1. The third kappa shape index (κ3) is 8.00. The number of thiophene rings is 2. The van der Waals surface area contributed by atoms with Crippen molar-refractivity contribution in [2.75, 3.05) is 31.1 Å². The van der Waals surface area contributed by atoms with E-state index in [0.29, 0.717) is 37.8 Å². The van der Waals surface area contributed by atoms with Gasteiger partial charge in [-0.25, -0.2) is 9.37 Å². The molecule has 0 bridgehead atoms. The predicted molar refractivity (Wildman–Crippen MR) is 302 cm³/mol. The molecule has 11 rings (SSSR count). The molecule has 77 heavy (non-hydrogen) atoms. The molecule has 0 saturated carbocycles. The Morgan fingerprint density at radius 3 is 1.71 bits per heavy atom. The fourth-order valence-electron chi connectivity index (χ4n) is 11.7. The molecule has 2 aromatic heterocycles. The largest absolute Gasteiger partial charge is 0.478 e. The summed E-state index contributed by atoms with van der Waals surface area (Å²) < 4.78 is 105. The van der Waals surface area contributed by atoms with E-state index in [1.165, 1.54) is 26.0 Å². The van der Waals surface area contributed by atoms with E-state index in [2.05, 4.69) is 75.3 Å². The highest BCUT2D eigenvalue weighted by atomic mass is 32.1. The summed E-state index contributed by atoms with van der Waals surface area (Å²) >= 11 is 2.18. The lowest BCUT2D eigenvalue weighted by Gasteiger charge is -2.25. The van der Waals surface area contributed by atoms with Crippen LogP contribution in [-0.4, -0.2) is 55.0 Å². The molecule has 0 spiro atoms. The average molecular weight is 1080 g/mol. The van der Waals surface area contributed by atoms with Crippen molar-refractivity contribution < 1.29 is 40.7 Å². The maximum absolute atomic E-state index is 16.2. The van der Waals surface area contributed by atoms with E-state index in [-0.39, 0.29) is 26.4 Å². The number of allylic oxidation sites excluding steroid dienone is 2. The summed E-state index contributed by atoms with van der Waals surface area (Å²) in [6.07, 6.45) is 0. The predicted octanol–water partition coefficient (Wildman–Crippen LogP) is 17.4. The van der Waals surface area contributed by atoms with Crippen molar-refractivity contribution in [2.24, 2.45) is 0 Å². The molecule has 0 unspecified atom stereocenters. The van der Waals surface area contributed by atoms with Gasteiger partial charge in [-0.15, -0.1) is 22.7 Å². The molecule has 0 fully saturated rings. The topological polar surface area (TPSA) is 56.7 Å². The smallest absolute Gasteiger partial charge is 0.380 e. The molecule has 3 aliphatic carbocycles. The first-order valence-corrected chi connectivity index (χ1v) is 27.5. The third-order valence-electron chi connectivity index (χ3n) is 15.9. The Labute approximate surface area is 451 Å². The van der Waals surface area contributed by atoms with Gasteiger partial charge in [-0.05, 0) is 157 Å². The Morgan fingerprint density at radius 2 is 1.13 bits per heavy atom. The Hall–Kier alpha value is -7.22. The number of alkyl halides is 6. The van der Waals surface area contributed by atoms with Crippen molar-refractivity contribution in [2.45, 2.75) is 78.6 Å². The number of aryl methyl sites for hydroxylation is 2. The molecule has 4 aliphatic rings. The second kappa shape index (κ2) is 18.8. The minimum Gasteiger partial charge on any atom is -0.478 e. The lowest BCUT2D eigenvalue weighted by Crippen LogP contribution is -2.48. The summed E-state index contributed by atoms with van der Waals surface area (Å²) in [4.78, 5) is 16.9. The highest BCUT2D eigenvalue weighted by molar-refractivity contribution is 7.16. The number of hydrogen-bond acceptors (Lipinski definition) is 5. The standard InChI is InChI=1S/C64H54F6N2O3S2/c1-9-71(10-2)41-21-26-46-53(31-41)75-54-32-42(72(11-3)12-4)22-27-47(54)57(46)50-28-38(19-25-45(50)60(73)74)39-18-23-43-44-24-20-40(30-52(44)61(7,8)51(43)29-39)56-34-49(36(6)77-56)59-58(62(65,66)64(69,70)63(59,67)68)48-33-55(76-35(48)5)37-16-14-13-15-17-37/h13-34H,9-12H2,1-8H3/p+1. The van der Waals surface area contributed by atoms with Crippen LogP contribution < -0.4 is 14.8 Å². The van der Waals surface area contributed by atoms with Gasteiger partial charge in [0.2, 0.25) is 5.36 Å². The first-order valence-electron chi connectivity index (χ1n) is 25.8. The van der Waals surface area contributed by atoms with E-state index in [1.807, 2.05) is 60.7 Å². The van der Waals surface area contributed by atoms with Crippen molar-refractivity contribution in [1.29, 1.82) is 0 Å². The monoisotopic (exact) mass is 1080 g/mol. The fourth-order valence-corrected chi connectivity index (χ4v) is 13.8. The molecule has 392 valence electrons. The van der Waals surface area contributed by atoms with Crippen LogP contribution in [0.2, 0.25) is 0 Å². The Bertz CT molecular complexity index is 3950. The Balaban J connectivity index is 0.999. The fraction of sp³-hybridized carbons (Fsp3) is 0.250. The summed E-state index contributed by atoms with van der Waals surface area (Å²) in [7, 11) is 0. The van der Waals surface area contributed by atoms with Gasteiger partial charge in [0.1, 0.15) is 24.4 Å². The maximum Gasteiger partial charge on any atom is 0.380 e. The molecule has 0 atom stereocenters. The number of hydrogen-bond donors (Lipinski definition) is 1. The number of rotatable bonds is 12. The number of carboxylic acid groups (broad SMARTS) is 1. The molecular formula is C64H55F6N2O3S2+. The van der Waals surface area contributed by atoms with Gasteiger partial charge in [-0.3, -0.25) is 0 Å². The number of carboxylic acids is 1. The molecule has 0 radical (unpaired) electrons. The van der Waals surface area contributed by atoms with E-state index < -0.39 is 40.3 Å². The number of aromatic carboxylic acids is 1. The number of nitrogens with zero attached hydrogens (tertiary/aromatic N) is 2. The first kappa shape index (κ1) is 51.9. The minimum atomic E-state index is -5.69. The molecule has 0 amide bonds. The highest BCUT2D eigenvalue weighted by Gasteiger charge is 2.80. The SMILES string of the molecule is CCN(CC)c1ccc2c(-c3cc(-c4ccc5c(c4)C(C)(C)c4cc(-c6cc(C7=C(c8cc(-c9ccccc9)sc8C)C(F)(F)C(F)(F)C7(F)F)c(C)s6)ccc4-5)ccc3C(=O)O)c3ccc(=[N+](CC)CC)cc-3oc2c1. The van der Waals surface area contributed by atoms with Crippen LogP contribution in [-0.2, 0) is 5.41 Å². The van der Waals surface area contributed by atoms with Gasteiger partial charge in [0.25, 0.3) is 0 Å². The highest BCUT2D eigenvalue weighted by Crippen LogP contribution is 2.66. The van der Waals surface area contributed by atoms with Crippen LogP contribution in [0.3, 0.4) is 0 Å². The van der Waals surface area contributed by atoms with Crippen molar-refractivity contribution >= 4 is 56.4 Å². The van der Waals surface area contributed by atoms with E-state index in [0.717, 1.165) is 110 Å². The number of fused-ring (bicyclic) bond motifs is 5. The van der Waals surface area contributed by atoms with E-state index in [1.54, 1.807) is 36.4 Å². The summed E-state index contributed by atoms with van der Waals surface area (Å²) in [5, 5.41) is 12.6. The first-order chi connectivity index (χ1) is 36.7. The van der Waals surface area contributed by atoms with Gasteiger partial charge in [0.05, 0.1) is 11.6 Å². The van der Waals surface area contributed by atoms with Crippen LogP contribution >= 0.6 is 22.7 Å². The zero-order valence-corrected chi connectivity index (χ0v) is 45.4. The summed E-state index contributed by atoms with van der Waals surface area (Å²) in [5.74, 6) is -16.5. The zero-order chi connectivity index (χ0) is 54.7. The van der Waals surface area contributed by atoms with E-state index in [4.69, 9.17) is 4.42 Å². The molecule has 7 aromatic rings. The maximum atomic E-state index is 16.2. The molecule has 1 N–H and O–H groups in total. The molecular weight excluding hydrogens is 1020 g/mol. The number of anilines is 1.